The molecule has 1 saturated heterocycles. The molecule has 9 heteroatoms. The highest BCUT2D eigenvalue weighted by atomic mass is 35.5. The molecular formula is C22H23ClF2N4O2. The van der Waals surface area contributed by atoms with Gasteiger partial charge in [-0.05, 0) is 43.9 Å². The van der Waals surface area contributed by atoms with E-state index in [4.69, 9.17) is 16.0 Å². The van der Waals surface area contributed by atoms with Crippen LogP contribution in [0.2, 0.25) is 5.02 Å². The van der Waals surface area contributed by atoms with Gasteiger partial charge >= 0.3 is 0 Å². The summed E-state index contributed by atoms with van der Waals surface area (Å²) in [6.07, 6.45) is 1.94. The second-order valence-corrected chi connectivity index (χ2v) is 8.11. The van der Waals surface area contributed by atoms with Crippen LogP contribution in [0.25, 0.3) is 0 Å². The van der Waals surface area contributed by atoms with E-state index in [1.54, 1.807) is 18.0 Å². The predicted octanol–water partition coefficient (Wildman–Crippen LogP) is 5.12. The van der Waals surface area contributed by atoms with Crippen LogP contribution in [0, 0.1) is 6.92 Å². The topological polar surface area (TPSA) is 64.2 Å². The van der Waals surface area contributed by atoms with Crippen LogP contribution in [0.1, 0.15) is 60.3 Å². The first-order valence-corrected chi connectivity index (χ1v) is 10.6. The fourth-order valence-corrected chi connectivity index (χ4v) is 4.16. The molecule has 1 aromatic carbocycles. The van der Waals surface area contributed by atoms with E-state index in [0.717, 1.165) is 23.1 Å². The second-order valence-electron chi connectivity index (χ2n) is 7.70. The smallest absolute Gasteiger partial charge is 0.280 e. The molecule has 0 spiro atoms. The van der Waals surface area contributed by atoms with Crippen molar-refractivity contribution in [3.8, 4) is 0 Å². The average molecular weight is 449 g/mol. The third-order valence-corrected chi connectivity index (χ3v) is 5.81. The molecule has 1 atom stereocenters. The molecule has 31 heavy (non-hydrogen) atoms. The van der Waals surface area contributed by atoms with E-state index < -0.39 is 6.43 Å². The molecule has 0 bridgehead atoms. The maximum atomic E-state index is 13.3. The maximum Gasteiger partial charge on any atom is 0.280 e. The van der Waals surface area contributed by atoms with E-state index in [9.17, 15) is 13.6 Å². The quantitative estimate of drug-likeness (QED) is 0.525. The van der Waals surface area contributed by atoms with Gasteiger partial charge in [0.05, 0.1) is 11.9 Å². The van der Waals surface area contributed by atoms with Crippen molar-refractivity contribution in [3.63, 3.8) is 0 Å². The number of piperidine rings is 1. The number of alkyl halides is 2. The lowest BCUT2D eigenvalue weighted by Gasteiger charge is -2.34. The number of likely N-dealkylation sites (tertiary alicyclic amines) is 1. The first-order valence-electron chi connectivity index (χ1n) is 10.2. The van der Waals surface area contributed by atoms with E-state index >= 15 is 0 Å². The number of aryl methyl sites for hydroxylation is 1. The zero-order valence-corrected chi connectivity index (χ0v) is 17.9. The summed E-state index contributed by atoms with van der Waals surface area (Å²) in [6.45, 7) is 1.91. The summed E-state index contributed by atoms with van der Waals surface area (Å²) in [7, 11) is 0. The summed E-state index contributed by atoms with van der Waals surface area (Å²) in [5.41, 5.74) is 1.13. The molecule has 1 aliphatic heterocycles. The summed E-state index contributed by atoms with van der Waals surface area (Å²) < 4.78 is 33.6. The lowest BCUT2D eigenvalue weighted by molar-refractivity contribution is -0.136. The number of amides is 1. The highest BCUT2D eigenvalue weighted by molar-refractivity contribution is 6.31. The van der Waals surface area contributed by atoms with E-state index in [2.05, 4.69) is 10.1 Å². The Kier molecular flexibility index (Phi) is 6.36. The number of rotatable bonds is 6. The van der Waals surface area contributed by atoms with Gasteiger partial charge in [-0.2, -0.15) is 5.10 Å². The van der Waals surface area contributed by atoms with Gasteiger partial charge in [0, 0.05) is 18.0 Å². The summed E-state index contributed by atoms with van der Waals surface area (Å²) in [6, 6.07) is 8.50. The molecule has 0 saturated carbocycles. The number of aromatic nitrogens is 3. The number of hydrogen-bond acceptors (Lipinski definition) is 4. The van der Waals surface area contributed by atoms with Gasteiger partial charge < -0.3 is 9.32 Å². The molecule has 0 unspecified atom stereocenters. The molecular weight excluding hydrogens is 426 g/mol. The Hall–Kier alpha value is -2.74. The van der Waals surface area contributed by atoms with Crippen molar-refractivity contribution in [2.45, 2.75) is 51.6 Å². The molecule has 0 aliphatic carbocycles. The Bertz CT molecular complexity index is 1070. The number of hydrogen-bond donors (Lipinski definition) is 0. The van der Waals surface area contributed by atoms with Crippen LogP contribution in [-0.4, -0.2) is 32.1 Å². The number of benzene rings is 1. The van der Waals surface area contributed by atoms with Gasteiger partial charge in [0.2, 0.25) is 11.8 Å². The predicted molar refractivity (Wildman–Crippen MR) is 111 cm³/mol. The molecule has 1 amide bonds. The average Bonchev–Trinajstić information content (AvgIpc) is 3.36. The molecule has 1 aliphatic rings. The standard InChI is InChI=1S/C22H23ClF2N4O2/c1-14-10-19(21(24)25)29(27-14)13-20(30)28-9-5-4-8-18(28)22-26-12-16(31-22)11-15-6-2-3-7-17(15)23/h2-3,6-7,10,12,18,21H,4-5,8-9,11,13H2,1H3/t18-/m0/s1. The third kappa shape index (κ3) is 4.79. The van der Waals surface area contributed by atoms with Crippen molar-refractivity contribution >= 4 is 17.5 Å². The summed E-state index contributed by atoms with van der Waals surface area (Å²) in [5, 5.41) is 4.71. The highest BCUT2D eigenvalue weighted by Gasteiger charge is 2.32. The van der Waals surface area contributed by atoms with Gasteiger partial charge in [0.15, 0.2) is 0 Å². The Balaban J connectivity index is 1.51. The zero-order valence-electron chi connectivity index (χ0n) is 17.1. The van der Waals surface area contributed by atoms with Crippen LogP contribution in [-0.2, 0) is 17.8 Å². The van der Waals surface area contributed by atoms with Gasteiger partial charge in [-0.25, -0.2) is 13.8 Å². The molecule has 3 aromatic rings. The van der Waals surface area contributed by atoms with Gasteiger partial charge in [-0.3, -0.25) is 9.48 Å². The summed E-state index contributed by atoms with van der Waals surface area (Å²) >= 11 is 6.23. The van der Waals surface area contributed by atoms with Crippen molar-refractivity contribution in [1.29, 1.82) is 0 Å². The van der Waals surface area contributed by atoms with Gasteiger partial charge in [0.1, 0.15) is 24.0 Å². The summed E-state index contributed by atoms with van der Waals surface area (Å²) in [5.74, 6) is 0.838. The highest BCUT2D eigenvalue weighted by Crippen LogP contribution is 2.32. The zero-order chi connectivity index (χ0) is 22.0. The van der Waals surface area contributed by atoms with Crippen molar-refractivity contribution in [2.75, 3.05) is 6.54 Å². The monoisotopic (exact) mass is 448 g/mol. The normalized spacial score (nSPS) is 16.8. The molecule has 6 nitrogen and oxygen atoms in total. The van der Waals surface area contributed by atoms with Crippen LogP contribution in [0.4, 0.5) is 8.78 Å². The Morgan fingerprint density at radius 2 is 2.13 bits per heavy atom. The van der Waals surface area contributed by atoms with E-state index in [1.807, 2.05) is 24.3 Å². The molecule has 0 radical (unpaired) electrons. The minimum atomic E-state index is -2.69. The van der Waals surface area contributed by atoms with Crippen molar-refractivity contribution in [1.82, 2.24) is 19.7 Å². The van der Waals surface area contributed by atoms with E-state index in [0.29, 0.717) is 41.8 Å². The SMILES string of the molecule is Cc1cc(C(F)F)n(CC(=O)N2CCCC[C@H]2c2ncc(Cc3ccccc3Cl)o2)n1. The van der Waals surface area contributed by atoms with Crippen LogP contribution in [0.5, 0.6) is 0 Å². The van der Waals surface area contributed by atoms with Crippen LogP contribution < -0.4 is 0 Å². The Morgan fingerprint density at radius 1 is 1.32 bits per heavy atom. The molecule has 2 aromatic heterocycles. The van der Waals surface area contributed by atoms with Gasteiger partial charge in [0.25, 0.3) is 6.43 Å². The van der Waals surface area contributed by atoms with Crippen LogP contribution in [0.15, 0.2) is 40.9 Å². The van der Waals surface area contributed by atoms with Crippen molar-refractivity contribution in [3.05, 3.63) is 70.2 Å². The van der Waals surface area contributed by atoms with Crippen molar-refractivity contribution < 1.29 is 18.0 Å². The number of halogens is 3. The fourth-order valence-electron chi connectivity index (χ4n) is 3.96. The number of carbonyl (C=O) groups excluding carboxylic acids is 1. The fraction of sp³-hybridized carbons (Fsp3) is 0.409. The lowest BCUT2D eigenvalue weighted by atomic mass is 10.0. The number of nitrogens with zero attached hydrogens (tertiary/aromatic N) is 4. The summed E-state index contributed by atoms with van der Waals surface area (Å²) in [4.78, 5) is 19.1. The maximum absolute atomic E-state index is 13.3. The van der Waals surface area contributed by atoms with E-state index in [-0.39, 0.29) is 24.2 Å². The Labute approximate surface area is 183 Å². The first-order chi connectivity index (χ1) is 14.9. The van der Waals surface area contributed by atoms with Crippen molar-refractivity contribution in [2.24, 2.45) is 0 Å². The second kappa shape index (κ2) is 9.18. The number of oxazole rings is 1. The molecule has 4 rings (SSSR count). The Morgan fingerprint density at radius 3 is 2.90 bits per heavy atom. The largest absolute Gasteiger partial charge is 0.443 e. The number of carbonyl (C=O) groups is 1. The van der Waals surface area contributed by atoms with Crippen LogP contribution >= 0.6 is 11.6 Å². The minimum absolute atomic E-state index is 0.239. The molecule has 164 valence electrons. The minimum Gasteiger partial charge on any atom is -0.443 e. The van der Waals surface area contributed by atoms with Crippen LogP contribution in [0.3, 0.4) is 0 Å². The third-order valence-electron chi connectivity index (χ3n) is 5.44. The molecule has 0 N–H and O–H groups in total. The van der Waals surface area contributed by atoms with Gasteiger partial charge in [-0.15, -0.1) is 0 Å². The first kappa shape index (κ1) is 21.5. The van der Waals surface area contributed by atoms with Gasteiger partial charge in [-0.1, -0.05) is 29.8 Å². The molecule has 1 fully saturated rings. The lowest BCUT2D eigenvalue weighted by Crippen LogP contribution is -2.40. The van der Waals surface area contributed by atoms with E-state index in [1.165, 1.54) is 6.07 Å². The molecule has 3 heterocycles.